The van der Waals surface area contributed by atoms with Crippen LogP contribution in [0, 0.1) is 0 Å². The molecule has 0 atom stereocenters. The number of rotatable bonds is 4. The Kier molecular flexibility index (Phi) is 3.82. The summed E-state index contributed by atoms with van der Waals surface area (Å²) in [6.45, 7) is 0. The molecule has 0 aliphatic carbocycles. The van der Waals surface area contributed by atoms with Crippen LogP contribution in [0.3, 0.4) is 0 Å². The smallest absolute Gasteiger partial charge is 0.233 e. The van der Waals surface area contributed by atoms with E-state index >= 15 is 0 Å². The van der Waals surface area contributed by atoms with Crippen molar-refractivity contribution in [3.05, 3.63) is 70.8 Å². The predicted molar refractivity (Wildman–Crippen MR) is 71.4 cm³/mol. The van der Waals surface area contributed by atoms with Crippen LogP contribution in [-0.2, 0) is 9.59 Å². The zero-order valence-corrected chi connectivity index (χ0v) is 9.59. The molecule has 0 N–H and O–H groups in total. The van der Waals surface area contributed by atoms with Gasteiger partial charge < -0.3 is 0 Å². The fourth-order valence-electron chi connectivity index (χ4n) is 1.52. The summed E-state index contributed by atoms with van der Waals surface area (Å²) in [7, 11) is 0. The van der Waals surface area contributed by atoms with E-state index in [0.29, 0.717) is 11.1 Å². The molecule has 0 spiro atoms. The summed E-state index contributed by atoms with van der Waals surface area (Å²) < 4.78 is 0. The fraction of sp³-hybridized carbons (Fsp3) is 0. The zero-order valence-electron chi connectivity index (χ0n) is 9.59. The number of carbonyl (C=O) groups excluding carboxylic acids is 2. The summed E-state index contributed by atoms with van der Waals surface area (Å²) in [4.78, 5) is 20.8. The van der Waals surface area contributed by atoms with Gasteiger partial charge in [0.05, 0.1) is 0 Å². The summed E-state index contributed by atoms with van der Waals surface area (Å²) in [5.41, 5.74) is 3.08. The minimum atomic E-state index is 0.540. The highest BCUT2D eigenvalue weighted by Gasteiger charge is 1.92. The average Bonchev–Trinajstić information content (AvgIpc) is 2.46. The highest BCUT2D eigenvalue weighted by atomic mass is 16.1. The first-order valence-corrected chi connectivity index (χ1v) is 5.46. The molecular weight excluding hydrogens is 224 g/mol. The van der Waals surface area contributed by atoms with E-state index in [4.69, 9.17) is 0 Å². The van der Waals surface area contributed by atoms with Gasteiger partial charge in [-0.1, -0.05) is 60.7 Å². The lowest BCUT2D eigenvalue weighted by atomic mass is 10.1. The van der Waals surface area contributed by atoms with Crippen molar-refractivity contribution in [2.75, 3.05) is 0 Å². The molecule has 2 rings (SSSR count). The first-order valence-electron chi connectivity index (χ1n) is 5.46. The quantitative estimate of drug-likeness (QED) is 0.762. The maximum absolute atomic E-state index is 10.4. The highest BCUT2D eigenvalue weighted by molar-refractivity contribution is 5.78. The molecule has 2 heteroatoms. The lowest BCUT2D eigenvalue weighted by molar-refractivity contribution is 0.562. The van der Waals surface area contributed by atoms with Gasteiger partial charge in [0.1, 0.15) is 0 Å². The largest absolute Gasteiger partial charge is 0.285 e. The second kappa shape index (κ2) is 5.73. The van der Waals surface area contributed by atoms with Gasteiger partial charge >= 0.3 is 0 Å². The normalized spacial score (nSPS) is 10.4. The molecule has 2 aromatic carbocycles. The summed E-state index contributed by atoms with van der Waals surface area (Å²) in [5.74, 6) is 0. The van der Waals surface area contributed by atoms with Gasteiger partial charge in [0, 0.05) is 11.1 Å². The van der Waals surface area contributed by atoms with E-state index in [1.165, 1.54) is 0 Å². The van der Waals surface area contributed by atoms with Gasteiger partial charge in [-0.25, -0.2) is 0 Å². The highest BCUT2D eigenvalue weighted by Crippen LogP contribution is 2.09. The Bertz CT molecular complexity index is 510. The molecule has 0 aromatic heterocycles. The Balaban J connectivity index is 2.13. The Morgan fingerprint density at radius 2 is 0.944 bits per heavy atom. The summed E-state index contributed by atoms with van der Waals surface area (Å²) in [6.07, 6.45) is 7.54. The molecule has 2 aromatic rings. The van der Waals surface area contributed by atoms with Crippen LogP contribution in [0.5, 0.6) is 0 Å². The average molecular weight is 234 g/mol. The van der Waals surface area contributed by atoms with Crippen molar-refractivity contribution in [2.24, 2.45) is 0 Å². The summed E-state index contributed by atoms with van der Waals surface area (Å²) >= 11 is 0. The molecule has 0 aliphatic rings. The monoisotopic (exact) mass is 234 g/mol. The third-order valence-electron chi connectivity index (χ3n) is 2.53. The van der Waals surface area contributed by atoms with Crippen molar-refractivity contribution < 1.29 is 9.59 Å². The minimum absolute atomic E-state index is 0.540. The van der Waals surface area contributed by atoms with E-state index in [-0.39, 0.29) is 0 Å². The summed E-state index contributed by atoms with van der Waals surface area (Å²) in [6, 6.07) is 14.3. The zero-order chi connectivity index (χ0) is 12.8. The van der Waals surface area contributed by atoms with Crippen LogP contribution < -0.4 is 0 Å². The van der Waals surface area contributed by atoms with Crippen LogP contribution in [0.25, 0.3) is 12.2 Å². The molecule has 2 radical (unpaired) electrons. The molecule has 0 fully saturated rings. The number of hydrogen-bond acceptors (Lipinski definition) is 2. The molecule has 0 amide bonds. The molecule has 0 unspecified atom stereocenters. The van der Waals surface area contributed by atoms with Crippen molar-refractivity contribution in [2.45, 2.75) is 0 Å². The van der Waals surface area contributed by atoms with E-state index in [0.717, 1.165) is 11.1 Å². The number of hydrogen-bond donors (Lipinski definition) is 0. The lowest BCUT2D eigenvalue weighted by Gasteiger charge is -1.95. The van der Waals surface area contributed by atoms with Crippen LogP contribution in [0.15, 0.2) is 48.5 Å². The van der Waals surface area contributed by atoms with Gasteiger partial charge in [-0.15, -0.1) is 0 Å². The van der Waals surface area contributed by atoms with Gasteiger partial charge in [-0.2, -0.15) is 0 Å². The van der Waals surface area contributed by atoms with E-state index in [9.17, 15) is 9.59 Å². The number of benzene rings is 2. The van der Waals surface area contributed by atoms with Crippen LogP contribution in [0.4, 0.5) is 0 Å². The van der Waals surface area contributed by atoms with Crippen LogP contribution >= 0.6 is 0 Å². The molecule has 0 aliphatic heterocycles. The van der Waals surface area contributed by atoms with Gasteiger partial charge in [0.2, 0.25) is 12.6 Å². The SMILES string of the molecule is O=[C]c1ccc(/C=C/c2ccc([C]=O)cc2)cc1. The molecular formula is C16H10O2. The first-order chi connectivity index (χ1) is 8.81. The third-order valence-corrected chi connectivity index (χ3v) is 2.53. The van der Waals surface area contributed by atoms with Gasteiger partial charge in [0.25, 0.3) is 0 Å². The third kappa shape index (κ3) is 3.01. The maximum atomic E-state index is 10.4. The van der Waals surface area contributed by atoms with Crippen molar-refractivity contribution in [3.63, 3.8) is 0 Å². The van der Waals surface area contributed by atoms with Crippen molar-refractivity contribution in [1.82, 2.24) is 0 Å². The molecule has 18 heavy (non-hydrogen) atoms. The van der Waals surface area contributed by atoms with Crippen LogP contribution in [0.2, 0.25) is 0 Å². The van der Waals surface area contributed by atoms with E-state index in [2.05, 4.69) is 0 Å². The first kappa shape index (κ1) is 12.0. The van der Waals surface area contributed by atoms with Crippen molar-refractivity contribution in [1.29, 1.82) is 0 Å². The molecule has 0 saturated carbocycles. The standard InChI is InChI=1S/C16H10O2/c17-11-15-7-3-13(4-8-15)1-2-14-5-9-16(12-18)10-6-14/h1-10H/b2-1+. The van der Waals surface area contributed by atoms with Crippen molar-refractivity contribution >= 4 is 24.7 Å². The summed E-state index contributed by atoms with van der Waals surface area (Å²) in [5, 5.41) is 0. The molecule has 2 nitrogen and oxygen atoms in total. The lowest BCUT2D eigenvalue weighted by Crippen LogP contribution is -1.80. The maximum Gasteiger partial charge on any atom is 0.233 e. The molecule has 0 heterocycles. The predicted octanol–water partition coefficient (Wildman–Crippen LogP) is 2.77. The Morgan fingerprint density at radius 3 is 1.22 bits per heavy atom. The van der Waals surface area contributed by atoms with Crippen LogP contribution in [-0.4, -0.2) is 12.6 Å². The van der Waals surface area contributed by atoms with E-state index in [1.54, 1.807) is 24.3 Å². The Morgan fingerprint density at radius 1 is 0.611 bits per heavy atom. The van der Waals surface area contributed by atoms with Gasteiger partial charge in [0.15, 0.2) is 0 Å². The topological polar surface area (TPSA) is 34.1 Å². The fourth-order valence-corrected chi connectivity index (χ4v) is 1.52. The molecule has 0 bridgehead atoms. The molecule has 86 valence electrons. The van der Waals surface area contributed by atoms with Gasteiger partial charge in [-0.3, -0.25) is 9.59 Å². The Hall–Kier alpha value is -2.48. The minimum Gasteiger partial charge on any atom is -0.285 e. The van der Waals surface area contributed by atoms with Gasteiger partial charge in [-0.05, 0) is 11.1 Å². The Labute approximate surface area is 106 Å². The molecule has 0 saturated heterocycles. The van der Waals surface area contributed by atoms with Crippen LogP contribution in [0.1, 0.15) is 22.3 Å². The van der Waals surface area contributed by atoms with E-state index < -0.39 is 0 Å². The second-order valence-electron chi connectivity index (χ2n) is 3.78. The second-order valence-corrected chi connectivity index (χ2v) is 3.78. The van der Waals surface area contributed by atoms with Crippen molar-refractivity contribution in [3.8, 4) is 0 Å². The van der Waals surface area contributed by atoms with E-state index in [1.807, 2.05) is 49.0 Å².